The van der Waals surface area contributed by atoms with E-state index in [4.69, 9.17) is 4.74 Å². The van der Waals surface area contributed by atoms with E-state index in [1.807, 2.05) is 6.08 Å². The fourth-order valence-electron chi connectivity index (χ4n) is 9.05. The Bertz CT molecular complexity index is 1220. The van der Waals surface area contributed by atoms with Crippen LogP contribution >= 0.6 is 0 Å². The van der Waals surface area contributed by atoms with Crippen molar-refractivity contribution in [3.63, 3.8) is 0 Å². The van der Waals surface area contributed by atoms with Gasteiger partial charge in [0.25, 0.3) is 0 Å². The maximum absolute atomic E-state index is 12.4. The van der Waals surface area contributed by atoms with E-state index in [-0.39, 0.29) is 18.5 Å². The Morgan fingerprint density at radius 2 is 0.714 bits per heavy atom. The van der Waals surface area contributed by atoms with Gasteiger partial charge < -0.3 is 20.3 Å². The topological polar surface area (TPSA) is 95.9 Å². The first-order valence-corrected chi connectivity index (χ1v) is 30.6. The number of aliphatic hydroxyl groups is 2. The lowest BCUT2D eigenvalue weighted by Crippen LogP contribution is -2.45. The highest BCUT2D eigenvalue weighted by atomic mass is 16.5. The molecule has 0 radical (unpaired) electrons. The molecule has 0 aliphatic carbocycles. The van der Waals surface area contributed by atoms with Crippen molar-refractivity contribution in [3.05, 3.63) is 60.8 Å². The van der Waals surface area contributed by atoms with Crippen LogP contribution in [-0.4, -0.2) is 47.4 Å². The lowest BCUT2D eigenvalue weighted by atomic mass is 10.1. The first-order valence-electron chi connectivity index (χ1n) is 30.6. The normalized spacial score (nSPS) is 13.0. The van der Waals surface area contributed by atoms with Gasteiger partial charge in [0, 0.05) is 12.8 Å². The summed E-state index contributed by atoms with van der Waals surface area (Å²) in [5.41, 5.74) is 0. The molecular weight excluding hydrogens is 863 g/mol. The molecule has 1 amide bonds. The number of hydrogen-bond acceptors (Lipinski definition) is 5. The molecule has 0 aromatic carbocycles. The molecule has 0 rings (SSSR count). The van der Waals surface area contributed by atoms with Crippen molar-refractivity contribution in [1.29, 1.82) is 0 Å². The Morgan fingerprint density at radius 3 is 1.10 bits per heavy atom. The third-order valence-corrected chi connectivity index (χ3v) is 13.8. The molecule has 0 spiro atoms. The summed E-state index contributed by atoms with van der Waals surface area (Å²) in [5, 5.41) is 23.0. The number of carbonyl (C=O) groups is 2. The minimum absolute atomic E-state index is 0.00153. The Kier molecular flexibility index (Phi) is 57.1. The van der Waals surface area contributed by atoms with Crippen LogP contribution in [0.3, 0.4) is 0 Å². The minimum atomic E-state index is -0.851. The first kappa shape index (κ1) is 67.6. The van der Waals surface area contributed by atoms with Gasteiger partial charge in [-0.25, -0.2) is 0 Å². The second-order valence-electron chi connectivity index (χ2n) is 20.7. The van der Waals surface area contributed by atoms with Crippen molar-refractivity contribution in [1.82, 2.24) is 5.32 Å². The van der Waals surface area contributed by atoms with Crippen molar-refractivity contribution in [3.8, 4) is 0 Å². The van der Waals surface area contributed by atoms with Crippen molar-refractivity contribution < 1.29 is 24.5 Å². The molecule has 2 unspecified atom stereocenters. The predicted molar refractivity (Wildman–Crippen MR) is 305 cm³/mol. The van der Waals surface area contributed by atoms with Gasteiger partial charge in [0.05, 0.1) is 25.4 Å². The summed E-state index contributed by atoms with van der Waals surface area (Å²) < 4.78 is 5.48. The van der Waals surface area contributed by atoms with Gasteiger partial charge >= 0.3 is 5.97 Å². The molecule has 0 heterocycles. The van der Waals surface area contributed by atoms with Gasteiger partial charge in [0.2, 0.25) is 5.91 Å². The van der Waals surface area contributed by atoms with Gasteiger partial charge in [-0.1, -0.05) is 261 Å². The zero-order chi connectivity index (χ0) is 50.7. The van der Waals surface area contributed by atoms with E-state index in [1.165, 1.54) is 212 Å². The molecule has 0 fully saturated rings. The third-order valence-electron chi connectivity index (χ3n) is 13.8. The first-order chi connectivity index (χ1) is 34.5. The summed E-state index contributed by atoms with van der Waals surface area (Å²) in [6, 6.07) is -0.636. The molecule has 0 aromatic rings. The Morgan fingerprint density at radius 1 is 0.400 bits per heavy atom. The molecule has 0 aliphatic heterocycles. The number of amides is 1. The second-order valence-corrected chi connectivity index (χ2v) is 20.7. The summed E-state index contributed by atoms with van der Waals surface area (Å²) in [6.45, 7) is 4.87. The van der Waals surface area contributed by atoms with Gasteiger partial charge in [-0.15, -0.1) is 0 Å². The number of unbranched alkanes of at least 4 members (excludes halogenated alkanes) is 37. The average Bonchev–Trinajstić information content (AvgIpc) is 3.36. The van der Waals surface area contributed by atoms with Crippen LogP contribution in [0.15, 0.2) is 60.8 Å². The Balaban J connectivity index is 3.46. The highest BCUT2D eigenvalue weighted by Crippen LogP contribution is 2.16. The molecule has 0 aromatic heterocycles. The number of aliphatic hydroxyl groups excluding tert-OH is 2. The van der Waals surface area contributed by atoms with Crippen LogP contribution in [0.1, 0.15) is 309 Å². The molecule has 408 valence electrons. The number of hydrogen-bond donors (Lipinski definition) is 3. The molecule has 6 heteroatoms. The molecular formula is C64H117NO5. The molecule has 2 atom stereocenters. The van der Waals surface area contributed by atoms with E-state index < -0.39 is 12.1 Å². The Hall–Kier alpha value is -2.44. The maximum Gasteiger partial charge on any atom is 0.305 e. The van der Waals surface area contributed by atoms with Crippen LogP contribution in [0.25, 0.3) is 0 Å². The number of allylic oxidation sites excluding steroid dienone is 9. The quantitative estimate of drug-likeness (QED) is 0.0321. The van der Waals surface area contributed by atoms with Gasteiger partial charge in [0.15, 0.2) is 0 Å². The fraction of sp³-hybridized carbons (Fsp3) is 0.812. The SMILES string of the molecule is CCCCCC/C=C\C/C=C\CCCCCCCCCC(=O)OCCCCCCCCCCC/C=C\C/C=C\CCCCCCCCCC(=O)NC(CO)C(O)/C=C/CCCCCCCCCCCC. The van der Waals surface area contributed by atoms with Gasteiger partial charge in [0.1, 0.15) is 0 Å². The van der Waals surface area contributed by atoms with Gasteiger partial charge in [-0.05, 0) is 96.3 Å². The monoisotopic (exact) mass is 980 g/mol. The molecule has 0 aliphatic rings. The summed E-state index contributed by atoms with van der Waals surface area (Å²) in [7, 11) is 0. The zero-order valence-electron chi connectivity index (χ0n) is 46.5. The van der Waals surface area contributed by atoms with Gasteiger partial charge in [-0.3, -0.25) is 9.59 Å². The van der Waals surface area contributed by atoms with Crippen LogP contribution in [-0.2, 0) is 14.3 Å². The highest BCUT2D eigenvalue weighted by Gasteiger charge is 2.18. The molecule has 70 heavy (non-hydrogen) atoms. The van der Waals surface area contributed by atoms with Crippen LogP contribution in [0.2, 0.25) is 0 Å². The number of esters is 1. The molecule has 0 saturated heterocycles. The Labute approximate surface area is 435 Å². The number of nitrogens with one attached hydrogen (secondary N) is 1. The number of rotatable bonds is 56. The van der Waals surface area contributed by atoms with Crippen molar-refractivity contribution in [2.45, 2.75) is 321 Å². The lowest BCUT2D eigenvalue weighted by molar-refractivity contribution is -0.143. The van der Waals surface area contributed by atoms with E-state index in [9.17, 15) is 19.8 Å². The van der Waals surface area contributed by atoms with E-state index in [2.05, 4.69) is 67.8 Å². The highest BCUT2D eigenvalue weighted by molar-refractivity contribution is 5.76. The van der Waals surface area contributed by atoms with E-state index in [0.29, 0.717) is 19.4 Å². The molecule has 0 saturated carbocycles. The van der Waals surface area contributed by atoms with Crippen LogP contribution in [0, 0.1) is 0 Å². The summed E-state index contributed by atoms with van der Waals surface area (Å²) in [6.07, 6.45) is 76.8. The summed E-state index contributed by atoms with van der Waals surface area (Å²) >= 11 is 0. The smallest absolute Gasteiger partial charge is 0.305 e. The molecule has 3 N–H and O–H groups in total. The second kappa shape index (κ2) is 59.1. The van der Waals surface area contributed by atoms with E-state index in [0.717, 1.165) is 70.6 Å². The largest absolute Gasteiger partial charge is 0.466 e. The van der Waals surface area contributed by atoms with Crippen LogP contribution in [0.5, 0.6) is 0 Å². The van der Waals surface area contributed by atoms with Crippen molar-refractivity contribution in [2.75, 3.05) is 13.2 Å². The average molecular weight is 981 g/mol. The fourth-order valence-corrected chi connectivity index (χ4v) is 9.05. The minimum Gasteiger partial charge on any atom is -0.466 e. The van der Waals surface area contributed by atoms with Crippen molar-refractivity contribution >= 4 is 11.9 Å². The third kappa shape index (κ3) is 54.9. The standard InChI is InChI=1S/C64H117NO5/c1-3-5-7-9-11-13-15-17-18-19-28-31-34-38-42-46-50-54-58-64(69)70-59-55-51-47-43-39-35-32-29-26-24-22-20-21-23-25-27-30-33-37-41-45-49-53-57-63(68)65-61(60-66)62(67)56-52-48-44-40-36-16-14-12-10-8-6-4-2/h13,15,18-20,22-23,25,52,56,61-62,66-67H,3-12,14,16-17,21,24,26-51,53-55,57-60H2,1-2H3,(H,65,68)/b15-13-,19-18-,22-20-,25-23-,56-52+. The summed E-state index contributed by atoms with van der Waals surface area (Å²) in [4.78, 5) is 24.5. The van der Waals surface area contributed by atoms with Crippen LogP contribution < -0.4 is 5.32 Å². The molecule has 6 nitrogen and oxygen atoms in total. The van der Waals surface area contributed by atoms with Gasteiger partial charge in [-0.2, -0.15) is 0 Å². The summed E-state index contributed by atoms with van der Waals surface area (Å²) in [5.74, 6) is -0.0816. The maximum atomic E-state index is 12.4. The number of carbonyl (C=O) groups excluding carboxylic acids is 2. The van der Waals surface area contributed by atoms with E-state index in [1.54, 1.807) is 6.08 Å². The number of ether oxygens (including phenoxy) is 1. The van der Waals surface area contributed by atoms with Crippen LogP contribution in [0.4, 0.5) is 0 Å². The lowest BCUT2D eigenvalue weighted by Gasteiger charge is -2.20. The van der Waals surface area contributed by atoms with E-state index >= 15 is 0 Å². The van der Waals surface area contributed by atoms with Crippen molar-refractivity contribution in [2.24, 2.45) is 0 Å². The predicted octanol–water partition coefficient (Wildman–Crippen LogP) is 19.1. The zero-order valence-corrected chi connectivity index (χ0v) is 46.5. The molecule has 0 bridgehead atoms.